The molecule has 2 saturated heterocycles. The zero-order chi connectivity index (χ0) is 27.2. The van der Waals surface area contributed by atoms with Crippen LogP contribution in [-0.4, -0.2) is 51.9 Å². The van der Waals surface area contributed by atoms with Gasteiger partial charge in [-0.2, -0.15) is 0 Å². The molecule has 2 aliphatic rings. The van der Waals surface area contributed by atoms with Crippen molar-refractivity contribution in [2.24, 2.45) is 23.7 Å². The number of benzene rings is 1. The summed E-state index contributed by atoms with van der Waals surface area (Å²) in [6.07, 6.45) is 4.22. The Bertz CT molecular complexity index is 1320. The molecule has 2 aliphatic heterocycles. The van der Waals surface area contributed by atoms with E-state index in [1.165, 1.54) is 0 Å². The Morgan fingerprint density at radius 2 is 2.00 bits per heavy atom. The summed E-state index contributed by atoms with van der Waals surface area (Å²) in [7, 11) is 1.68. The lowest BCUT2D eigenvalue weighted by Gasteiger charge is -2.53. The summed E-state index contributed by atoms with van der Waals surface area (Å²) < 4.78 is 19.6. The average molecular weight is 524 g/mol. The van der Waals surface area contributed by atoms with Crippen LogP contribution in [0.5, 0.6) is 0 Å². The van der Waals surface area contributed by atoms with Gasteiger partial charge in [-0.15, -0.1) is 0 Å². The Morgan fingerprint density at radius 3 is 2.68 bits per heavy atom. The molecule has 2 aromatic heterocycles. The molecular weight excluding hydrogens is 486 g/mol. The van der Waals surface area contributed by atoms with Crippen LogP contribution in [-0.2, 0) is 15.9 Å². The maximum Gasteiger partial charge on any atom is 0.340 e. The Hall–Kier alpha value is -3.17. The van der Waals surface area contributed by atoms with Crippen molar-refractivity contribution in [3.63, 3.8) is 0 Å². The fourth-order valence-corrected chi connectivity index (χ4v) is 6.27. The highest BCUT2D eigenvalue weighted by Crippen LogP contribution is 2.48. The molecule has 2 fully saturated rings. The fourth-order valence-electron chi connectivity index (χ4n) is 6.27. The summed E-state index contributed by atoms with van der Waals surface area (Å²) in [5, 5.41) is 12.7. The summed E-state index contributed by atoms with van der Waals surface area (Å²) >= 11 is 0. The Labute approximate surface area is 222 Å². The first-order valence-corrected chi connectivity index (χ1v) is 13.5. The van der Waals surface area contributed by atoms with Gasteiger partial charge < -0.3 is 29.3 Å². The number of hydrogen-bond donors (Lipinski definition) is 3. The third-order valence-corrected chi connectivity index (χ3v) is 8.54. The first-order valence-electron chi connectivity index (χ1n) is 13.5. The molecule has 9 nitrogen and oxygen atoms in total. The molecule has 3 aromatic rings. The van der Waals surface area contributed by atoms with Gasteiger partial charge in [-0.25, -0.2) is 9.78 Å². The Kier molecular flexibility index (Phi) is 7.09. The minimum atomic E-state index is -1.06. The normalized spacial score (nSPS) is 30.4. The number of Topliss-reactive ketones (excluding diaryl/α,β-unsaturated/α-hetero) is 1. The molecule has 9 heteroatoms. The molecule has 5 rings (SSSR count). The van der Waals surface area contributed by atoms with Crippen LogP contribution in [0.1, 0.15) is 73.7 Å². The van der Waals surface area contributed by atoms with E-state index in [0.29, 0.717) is 34.8 Å². The zero-order valence-corrected chi connectivity index (χ0v) is 22.6. The van der Waals surface area contributed by atoms with E-state index in [1.54, 1.807) is 31.4 Å². The predicted molar refractivity (Wildman–Crippen MR) is 142 cm³/mol. The van der Waals surface area contributed by atoms with Crippen LogP contribution in [0.2, 0.25) is 0 Å². The van der Waals surface area contributed by atoms with Crippen molar-refractivity contribution >= 4 is 28.5 Å². The lowest BCUT2D eigenvalue weighted by Crippen LogP contribution is -2.58. The number of aromatic carboxylic acids is 1. The molecule has 4 heterocycles. The Balaban J connectivity index is 1.39. The van der Waals surface area contributed by atoms with Crippen molar-refractivity contribution in [2.45, 2.75) is 71.4 Å². The second-order valence-electron chi connectivity index (χ2n) is 11.1. The number of carboxylic acid groups (broad SMARTS) is 1. The summed E-state index contributed by atoms with van der Waals surface area (Å²) in [5.74, 6) is -1.11. The van der Waals surface area contributed by atoms with E-state index < -0.39 is 11.8 Å². The van der Waals surface area contributed by atoms with E-state index in [2.05, 4.69) is 36.1 Å². The molecule has 0 bridgehead atoms. The number of carbonyl (C=O) groups excluding carboxylic acids is 1. The number of oxazole rings is 1. The number of hydrogen-bond acceptors (Lipinski definition) is 7. The number of ketones is 1. The minimum absolute atomic E-state index is 0.0407. The number of nitrogens with one attached hydrogen (secondary N) is 2. The largest absolute Gasteiger partial charge is 0.478 e. The molecule has 7 atom stereocenters. The number of carbonyl (C=O) groups is 2. The highest BCUT2D eigenvalue weighted by atomic mass is 16.7. The summed E-state index contributed by atoms with van der Waals surface area (Å²) in [5.41, 5.74) is 1.93. The van der Waals surface area contributed by atoms with Crippen molar-refractivity contribution in [3.8, 4) is 0 Å². The minimum Gasteiger partial charge on any atom is -0.478 e. The van der Waals surface area contributed by atoms with E-state index in [1.807, 2.05) is 13.0 Å². The van der Waals surface area contributed by atoms with Gasteiger partial charge in [-0.3, -0.25) is 4.79 Å². The number of ether oxygens (including phenoxy) is 2. The fraction of sp³-hybridized carbons (Fsp3) is 0.552. The van der Waals surface area contributed by atoms with Crippen LogP contribution in [0, 0.1) is 23.7 Å². The molecule has 0 amide bonds. The summed E-state index contributed by atoms with van der Waals surface area (Å²) in [6, 6.07) is 7.05. The van der Waals surface area contributed by atoms with Crippen molar-refractivity contribution in [3.05, 3.63) is 47.6 Å². The van der Waals surface area contributed by atoms with Gasteiger partial charge in [0.15, 0.2) is 23.0 Å². The molecule has 0 radical (unpaired) electrons. The maximum absolute atomic E-state index is 13.1. The Morgan fingerprint density at radius 1 is 1.21 bits per heavy atom. The van der Waals surface area contributed by atoms with Crippen LogP contribution in [0.15, 0.2) is 34.9 Å². The average Bonchev–Trinajstić information content (AvgIpc) is 3.57. The molecule has 1 spiro atoms. The van der Waals surface area contributed by atoms with Crippen molar-refractivity contribution in [2.75, 3.05) is 12.4 Å². The smallest absolute Gasteiger partial charge is 0.340 e. The second-order valence-corrected chi connectivity index (χ2v) is 11.1. The van der Waals surface area contributed by atoms with Crippen molar-refractivity contribution < 1.29 is 28.6 Å². The number of fused-ring (bicyclic) bond motifs is 1. The number of aromatic nitrogens is 2. The van der Waals surface area contributed by atoms with E-state index >= 15 is 0 Å². The van der Waals surface area contributed by atoms with Gasteiger partial charge in [0.05, 0.1) is 30.0 Å². The topological polar surface area (TPSA) is 127 Å². The third kappa shape index (κ3) is 4.62. The SMILES string of the molecule is CNc1ccc2oc(C[C@H]3OC4(CC[C@H]3C)O[C@@H](C(C)C(=O)c3ccc[nH]3)[C@@H](C)C[C@@H]4C)nc2c1C(=O)O. The van der Waals surface area contributed by atoms with Crippen LogP contribution >= 0.6 is 0 Å². The molecule has 3 N–H and O–H groups in total. The van der Waals surface area contributed by atoms with Crippen molar-refractivity contribution in [1.29, 1.82) is 0 Å². The molecule has 2 unspecified atom stereocenters. The highest BCUT2D eigenvalue weighted by Gasteiger charge is 2.52. The number of anilines is 1. The number of H-pyrrole nitrogens is 1. The molecule has 38 heavy (non-hydrogen) atoms. The molecular formula is C29H37N3O6. The monoisotopic (exact) mass is 523 g/mol. The van der Waals surface area contributed by atoms with Crippen LogP contribution in [0.3, 0.4) is 0 Å². The molecule has 204 valence electrons. The number of nitrogens with zero attached hydrogens (tertiary/aromatic N) is 1. The number of carboxylic acids is 1. The van der Waals surface area contributed by atoms with E-state index in [-0.39, 0.29) is 47.2 Å². The van der Waals surface area contributed by atoms with E-state index in [0.717, 1.165) is 19.3 Å². The predicted octanol–water partition coefficient (Wildman–Crippen LogP) is 5.53. The van der Waals surface area contributed by atoms with Crippen molar-refractivity contribution in [1.82, 2.24) is 9.97 Å². The van der Waals surface area contributed by atoms with Gasteiger partial charge in [-0.1, -0.05) is 27.7 Å². The summed E-state index contributed by atoms with van der Waals surface area (Å²) in [6.45, 7) is 8.39. The lowest BCUT2D eigenvalue weighted by atomic mass is 9.75. The van der Waals surface area contributed by atoms with Crippen LogP contribution in [0.4, 0.5) is 5.69 Å². The maximum atomic E-state index is 13.1. The third-order valence-electron chi connectivity index (χ3n) is 8.54. The van der Waals surface area contributed by atoms with Gasteiger partial charge in [-0.05, 0) is 48.9 Å². The van der Waals surface area contributed by atoms with Gasteiger partial charge in [0, 0.05) is 31.5 Å². The first kappa shape index (κ1) is 26.4. The molecule has 1 aromatic carbocycles. The number of aromatic amines is 1. The quantitative estimate of drug-likeness (QED) is 0.345. The zero-order valence-electron chi connectivity index (χ0n) is 22.6. The van der Waals surface area contributed by atoms with Crippen LogP contribution < -0.4 is 5.32 Å². The van der Waals surface area contributed by atoms with Gasteiger partial charge in [0.2, 0.25) is 0 Å². The second kappa shape index (κ2) is 10.2. The molecule has 0 aliphatic carbocycles. The van der Waals surface area contributed by atoms with Gasteiger partial charge in [0.25, 0.3) is 0 Å². The number of rotatable bonds is 7. The van der Waals surface area contributed by atoms with Crippen LogP contribution in [0.25, 0.3) is 11.1 Å². The summed E-state index contributed by atoms with van der Waals surface area (Å²) in [4.78, 5) is 32.7. The lowest BCUT2D eigenvalue weighted by molar-refractivity contribution is -0.355. The molecule has 0 saturated carbocycles. The van der Waals surface area contributed by atoms with E-state index in [4.69, 9.17) is 13.9 Å². The van der Waals surface area contributed by atoms with Gasteiger partial charge >= 0.3 is 5.97 Å². The standard InChI is InChI=1S/C29H37N3O6/c1-15-10-11-29(17(3)13-16(2)27(38-29)18(4)26(33)20-7-6-12-31-20)37-22(15)14-23-32-25-21(36-23)9-8-19(30-5)24(25)28(34)35/h6-9,12,15-18,22,27,30-31H,10-11,13-14H2,1-5H3,(H,34,35)/t15-,16+,17+,18?,22-,27-,29?/m1/s1. The van der Waals surface area contributed by atoms with E-state index in [9.17, 15) is 14.7 Å². The first-order chi connectivity index (χ1) is 18.1. The highest BCUT2D eigenvalue weighted by molar-refractivity contribution is 6.06. The van der Waals surface area contributed by atoms with Gasteiger partial charge in [0.1, 0.15) is 11.1 Å².